The fraction of sp³-hybridized carbons (Fsp3) is 0.357. The van der Waals surface area contributed by atoms with Gasteiger partial charge in [0.25, 0.3) is 0 Å². The Morgan fingerprint density at radius 3 is 2.69 bits per heavy atom. The summed E-state index contributed by atoms with van der Waals surface area (Å²) in [6.45, 7) is 6.42. The standard InChI is InChI=1S/C14H18N2/c1-4-5-13-8-9-16(15-13)14-7-6-11(2)10-12(14)3/h6-10H,4-5H2,1-3H3. The Balaban J connectivity index is 2.35. The largest absolute Gasteiger partial charge is 0.240 e. The van der Waals surface area contributed by atoms with Gasteiger partial charge in [-0.25, -0.2) is 4.68 Å². The third kappa shape index (κ3) is 2.16. The Labute approximate surface area is 96.9 Å². The number of hydrogen-bond acceptors (Lipinski definition) is 1. The summed E-state index contributed by atoms with van der Waals surface area (Å²) in [6.07, 6.45) is 4.24. The zero-order valence-electron chi connectivity index (χ0n) is 10.2. The van der Waals surface area contributed by atoms with Crippen LogP contribution in [0.4, 0.5) is 0 Å². The highest BCUT2D eigenvalue weighted by molar-refractivity contribution is 5.41. The summed E-state index contributed by atoms with van der Waals surface area (Å²) in [7, 11) is 0. The highest BCUT2D eigenvalue weighted by Crippen LogP contribution is 2.15. The fourth-order valence-electron chi connectivity index (χ4n) is 1.95. The van der Waals surface area contributed by atoms with Gasteiger partial charge in [0.05, 0.1) is 11.4 Å². The van der Waals surface area contributed by atoms with Crippen LogP contribution in [0.15, 0.2) is 30.5 Å². The van der Waals surface area contributed by atoms with Gasteiger partial charge in [-0.3, -0.25) is 0 Å². The topological polar surface area (TPSA) is 17.8 Å². The molecule has 1 heterocycles. The van der Waals surface area contributed by atoms with E-state index in [1.165, 1.54) is 22.5 Å². The quantitative estimate of drug-likeness (QED) is 0.765. The Bertz CT molecular complexity index is 483. The molecule has 0 unspecified atom stereocenters. The number of rotatable bonds is 3. The number of aromatic nitrogens is 2. The predicted octanol–water partition coefficient (Wildman–Crippen LogP) is 3.44. The van der Waals surface area contributed by atoms with Crippen molar-refractivity contribution in [3.05, 3.63) is 47.3 Å². The van der Waals surface area contributed by atoms with Crippen LogP contribution in [-0.4, -0.2) is 9.78 Å². The molecule has 0 fully saturated rings. The maximum atomic E-state index is 4.58. The lowest BCUT2D eigenvalue weighted by atomic mass is 10.1. The van der Waals surface area contributed by atoms with Gasteiger partial charge in [0.15, 0.2) is 0 Å². The van der Waals surface area contributed by atoms with E-state index in [0.29, 0.717) is 0 Å². The van der Waals surface area contributed by atoms with Crippen molar-refractivity contribution in [1.82, 2.24) is 9.78 Å². The van der Waals surface area contributed by atoms with E-state index >= 15 is 0 Å². The highest BCUT2D eigenvalue weighted by Gasteiger charge is 2.03. The third-order valence-corrected chi connectivity index (χ3v) is 2.75. The van der Waals surface area contributed by atoms with Crippen molar-refractivity contribution < 1.29 is 0 Å². The maximum Gasteiger partial charge on any atom is 0.0674 e. The van der Waals surface area contributed by atoms with Crippen molar-refractivity contribution in [2.24, 2.45) is 0 Å². The van der Waals surface area contributed by atoms with Crippen molar-refractivity contribution in [2.45, 2.75) is 33.6 Å². The molecule has 2 aromatic rings. The molecule has 0 saturated carbocycles. The lowest BCUT2D eigenvalue weighted by Crippen LogP contribution is -1.99. The maximum absolute atomic E-state index is 4.58. The first kappa shape index (κ1) is 10.9. The van der Waals surface area contributed by atoms with E-state index in [1.807, 2.05) is 10.9 Å². The zero-order chi connectivity index (χ0) is 11.5. The average Bonchev–Trinajstić information content (AvgIpc) is 2.67. The monoisotopic (exact) mass is 214 g/mol. The number of aryl methyl sites for hydroxylation is 3. The molecule has 16 heavy (non-hydrogen) atoms. The lowest BCUT2D eigenvalue weighted by molar-refractivity contribution is 0.803. The first-order chi connectivity index (χ1) is 7.70. The van der Waals surface area contributed by atoms with E-state index in [0.717, 1.165) is 12.8 Å². The minimum absolute atomic E-state index is 1.05. The molecule has 2 heteroatoms. The average molecular weight is 214 g/mol. The first-order valence-corrected chi connectivity index (χ1v) is 5.83. The summed E-state index contributed by atoms with van der Waals surface area (Å²) in [5.74, 6) is 0. The molecule has 0 aliphatic carbocycles. The molecule has 2 nitrogen and oxygen atoms in total. The summed E-state index contributed by atoms with van der Waals surface area (Å²) in [5.41, 5.74) is 4.91. The zero-order valence-corrected chi connectivity index (χ0v) is 10.2. The van der Waals surface area contributed by atoms with Crippen LogP contribution in [0.3, 0.4) is 0 Å². The number of hydrogen-bond donors (Lipinski definition) is 0. The Morgan fingerprint density at radius 2 is 2.00 bits per heavy atom. The SMILES string of the molecule is CCCc1ccn(-c2ccc(C)cc2C)n1. The molecule has 0 spiro atoms. The minimum Gasteiger partial charge on any atom is -0.240 e. The van der Waals surface area contributed by atoms with E-state index in [-0.39, 0.29) is 0 Å². The summed E-state index contributed by atoms with van der Waals surface area (Å²) in [4.78, 5) is 0. The van der Waals surface area contributed by atoms with Crippen LogP contribution in [0.2, 0.25) is 0 Å². The van der Waals surface area contributed by atoms with E-state index in [1.54, 1.807) is 0 Å². The Hall–Kier alpha value is -1.57. The van der Waals surface area contributed by atoms with Crippen LogP contribution in [0, 0.1) is 13.8 Å². The molecule has 2 rings (SSSR count). The van der Waals surface area contributed by atoms with Gasteiger partial charge in [0.2, 0.25) is 0 Å². The fourth-order valence-corrected chi connectivity index (χ4v) is 1.95. The van der Waals surface area contributed by atoms with Crippen LogP contribution in [0.1, 0.15) is 30.2 Å². The van der Waals surface area contributed by atoms with Crippen molar-refractivity contribution in [3.63, 3.8) is 0 Å². The molecular formula is C14H18N2. The van der Waals surface area contributed by atoms with E-state index in [9.17, 15) is 0 Å². The van der Waals surface area contributed by atoms with E-state index in [2.05, 4.69) is 50.1 Å². The molecule has 0 amide bonds. The summed E-state index contributed by atoms with van der Waals surface area (Å²) in [5, 5.41) is 4.58. The van der Waals surface area contributed by atoms with Crippen LogP contribution in [0.25, 0.3) is 5.69 Å². The van der Waals surface area contributed by atoms with Gasteiger partial charge in [0, 0.05) is 6.20 Å². The second kappa shape index (κ2) is 4.52. The van der Waals surface area contributed by atoms with Crippen LogP contribution in [-0.2, 0) is 6.42 Å². The lowest BCUT2D eigenvalue weighted by Gasteiger charge is -2.06. The van der Waals surface area contributed by atoms with Gasteiger partial charge in [-0.1, -0.05) is 31.0 Å². The summed E-state index contributed by atoms with van der Waals surface area (Å²) in [6, 6.07) is 8.55. The van der Waals surface area contributed by atoms with Gasteiger partial charge in [0.1, 0.15) is 0 Å². The molecule has 0 atom stereocenters. The van der Waals surface area contributed by atoms with Crippen molar-refractivity contribution in [1.29, 1.82) is 0 Å². The molecule has 1 aromatic carbocycles. The summed E-state index contributed by atoms with van der Waals surface area (Å²) < 4.78 is 1.97. The van der Waals surface area contributed by atoms with Crippen LogP contribution in [0.5, 0.6) is 0 Å². The molecule has 0 aliphatic heterocycles. The Morgan fingerprint density at radius 1 is 1.19 bits per heavy atom. The van der Waals surface area contributed by atoms with Crippen molar-refractivity contribution in [3.8, 4) is 5.69 Å². The van der Waals surface area contributed by atoms with Crippen LogP contribution < -0.4 is 0 Å². The smallest absolute Gasteiger partial charge is 0.0674 e. The summed E-state index contributed by atoms with van der Waals surface area (Å²) >= 11 is 0. The first-order valence-electron chi connectivity index (χ1n) is 5.83. The van der Waals surface area contributed by atoms with Crippen molar-refractivity contribution >= 4 is 0 Å². The van der Waals surface area contributed by atoms with E-state index in [4.69, 9.17) is 0 Å². The number of benzene rings is 1. The van der Waals surface area contributed by atoms with Gasteiger partial charge < -0.3 is 0 Å². The second-order valence-electron chi connectivity index (χ2n) is 4.29. The highest BCUT2D eigenvalue weighted by atomic mass is 15.3. The van der Waals surface area contributed by atoms with Gasteiger partial charge in [-0.05, 0) is 38.0 Å². The van der Waals surface area contributed by atoms with Gasteiger partial charge in [-0.15, -0.1) is 0 Å². The molecule has 0 aliphatic rings. The minimum atomic E-state index is 1.05. The molecule has 0 bridgehead atoms. The van der Waals surface area contributed by atoms with E-state index < -0.39 is 0 Å². The number of nitrogens with zero attached hydrogens (tertiary/aromatic N) is 2. The normalized spacial score (nSPS) is 10.7. The predicted molar refractivity (Wildman–Crippen MR) is 67.0 cm³/mol. The molecule has 0 radical (unpaired) electrons. The molecule has 0 N–H and O–H groups in total. The molecule has 84 valence electrons. The molecule has 1 aromatic heterocycles. The molecular weight excluding hydrogens is 196 g/mol. The van der Waals surface area contributed by atoms with Crippen molar-refractivity contribution in [2.75, 3.05) is 0 Å². The van der Waals surface area contributed by atoms with Gasteiger partial charge >= 0.3 is 0 Å². The molecule has 0 saturated heterocycles. The Kier molecular flexibility index (Phi) is 3.09. The van der Waals surface area contributed by atoms with Crippen LogP contribution >= 0.6 is 0 Å². The third-order valence-electron chi connectivity index (χ3n) is 2.75. The second-order valence-corrected chi connectivity index (χ2v) is 4.29. The van der Waals surface area contributed by atoms with Gasteiger partial charge in [-0.2, -0.15) is 5.10 Å².